The number of hydrogen-bond acceptors (Lipinski definition) is 2. The second kappa shape index (κ2) is 6.75. The number of nitrogens with two attached hydrogens (primary N) is 1. The van der Waals surface area contributed by atoms with E-state index in [0.29, 0.717) is 18.0 Å². The Balaban J connectivity index is 1.70. The highest BCUT2D eigenvalue weighted by atomic mass is 16.1. The third-order valence-corrected chi connectivity index (χ3v) is 4.51. The predicted octanol–water partition coefficient (Wildman–Crippen LogP) is 3.21. The predicted molar refractivity (Wildman–Crippen MR) is 88.6 cm³/mol. The molecule has 2 aromatic carbocycles. The zero-order valence-corrected chi connectivity index (χ0v) is 12.7. The van der Waals surface area contributed by atoms with Crippen LogP contribution in [0.2, 0.25) is 0 Å². The van der Waals surface area contributed by atoms with Gasteiger partial charge in [0.25, 0.3) is 5.91 Å². The highest BCUT2D eigenvalue weighted by Crippen LogP contribution is 2.34. The summed E-state index contributed by atoms with van der Waals surface area (Å²) in [7, 11) is 0. The van der Waals surface area contributed by atoms with Crippen LogP contribution in [-0.4, -0.2) is 11.9 Å². The van der Waals surface area contributed by atoms with Crippen molar-refractivity contribution in [3.63, 3.8) is 0 Å². The third-order valence-electron chi connectivity index (χ3n) is 4.51. The Bertz CT molecular complexity index is 622. The molecule has 0 aromatic heterocycles. The molecule has 1 fully saturated rings. The number of rotatable bonds is 4. The lowest BCUT2D eigenvalue weighted by molar-refractivity contribution is 0.0934. The molecule has 1 saturated carbocycles. The van der Waals surface area contributed by atoms with E-state index in [2.05, 4.69) is 29.6 Å². The largest absolute Gasteiger partial charge is 0.349 e. The molecule has 2 unspecified atom stereocenters. The Kier molecular flexibility index (Phi) is 4.54. The first-order chi connectivity index (χ1) is 10.8. The standard InChI is InChI=1S/C19H22N2O/c20-13-14-9-11-16(12-10-14)19(22)21-18-8-4-7-17(18)15-5-2-1-3-6-15/h1-3,5-6,9-12,17-18H,4,7-8,13,20H2,(H,21,22). The van der Waals surface area contributed by atoms with E-state index in [9.17, 15) is 4.79 Å². The van der Waals surface area contributed by atoms with Crippen LogP contribution in [0.1, 0.15) is 46.7 Å². The van der Waals surface area contributed by atoms with Crippen LogP contribution in [0.3, 0.4) is 0 Å². The number of nitrogens with one attached hydrogen (secondary N) is 1. The molecule has 2 atom stereocenters. The van der Waals surface area contributed by atoms with Gasteiger partial charge in [0.15, 0.2) is 0 Å². The molecule has 0 radical (unpaired) electrons. The first-order valence-electron chi connectivity index (χ1n) is 7.93. The molecule has 0 saturated heterocycles. The van der Waals surface area contributed by atoms with E-state index in [1.54, 1.807) is 0 Å². The molecule has 0 bridgehead atoms. The van der Waals surface area contributed by atoms with E-state index >= 15 is 0 Å². The van der Waals surface area contributed by atoms with E-state index in [0.717, 1.165) is 24.8 Å². The molecule has 3 N–H and O–H groups in total. The Morgan fingerprint density at radius 3 is 2.45 bits per heavy atom. The molecule has 3 heteroatoms. The molecule has 3 nitrogen and oxygen atoms in total. The van der Waals surface area contributed by atoms with Gasteiger partial charge in [-0.3, -0.25) is 4.79 Å². The molecule has 1 aliphatic carbocycles. The lowest BCUT2D eigenvalue weighted by Crippen LogP contribution is -2.36. The van der Waals surface area contributed by atoms with Crippen molar-refractivity contribution in [2.75, 3.05) is 0 Å². The number of amides is 1. The zero-order valence-electron chi connectivity index (χ0n) is 12.7. The van der Waals surface area contributed by atoms with Gasteiger partial charge < -0.3 is 11.1 Å². The van der Waals surface area contributed by atoms with Crippen molar-refractivity contribution in [1.29, 1.82) is 0 Å². The van der Waals surface area contributed by atoms with Crippen LogP contribution >= 0.6 is 0 Å². The smallest absolute Gasteiger partial charge is 0.251 e. The van der Waals surface area contributed by atoms with Crippen LogP contribution < -0.4 is 11.1 Å². The molecule has 0 aliphatic heterocycles. The minimum atomic E-state index is 0.0106. The molecular formula is C19H22N2O. The summed E-state index contributed by atoms with van der Waals surface area (Å²) >= 11 is 0. The highest BCUT2D eigenvalue weighted by Gasteiger charge is 2.29. The molecular weight excluding hydrogens is 272 g/mol. The Morgan fingerprint density at radius 1 is 1.05 bits per heavy atom. The van der Waals surface area contributed by atoms with Crippen LogP contribution in [0.5, 0.6) is 0 Å². The van der Waals surface area contributed by atoms with Crippen molar-refractivity contribution >= 4 is 5.91 Å². The zero-order chi connectivity index (χ0) is 15.4. The fraction of sp³-hybridized carbons (Fsp3) is 0.316. The van der Waals surface area contributed by atoms with Crippen LogP contribution in [0.4, 0.5) is 0 Å². The van der Waals surface area contributed by atoms with Gasteiger partial charge in [0, 0.05) is 24.1 Å². The minimum absolute atomic E-state index is 0.0106. The fourth-order valence-corrected chi connectivity index (χ4v) is 3.28. The fourth-order valence-electron chi connectivity index (χ4n) is 3.28. The van der Waals surface area contributed by atoms with Crippen LogP contribution in [0.25, 0.3) is 0 Å². The summed E-state index contributed by atoms with van der Waals surface area (Å²) in [5.41, 5.74) is 8.66. The molecule has 2 aromatic rings. The van der Waals surface area contributed by atoms with Crippen molar-refractivity contribution in [1.82, 2.24) is 5.32 Å². The highest BCUT2D eigenvalue weighted by molar-refractivity contribution is 5.94. The van der Waals surface area contributed by atoms with Crippen molar-refractivity contribution in [2.24, 2.45) is 5.73 Å². The molecule has 1 aliphatic rings. The average molecular weight is 294 g/mol. The summed E-state index contributed by atoms with van der Waals surface area (Å²) in [6.07, 6.45) is 3.35. The first-order valence-corrected chi connectivity index (χ1v) is 7.93. The van der Waals surface area contributed by atoms with Gasteiger partial charge in [0.1, 0.15) is 0 Å². The van der Waals surface area contributed by atoms with Crippen LogP contribution in [-0.2, 0) is 6.54 Å². The molecule has 22 heavy (non-hydrogen) atoms. The summed E-state index contributed by atoms with van der Waals surface area (Å²) in [6.45, 7) is 0.501. The minimum Gasteiger partial charge on any atom is -0.349 e. The summed E-state index contributed by atoms with van der Waals surface area (Å²) in [5, 5.41) is 3.21. The SMILES string of the molecule is NCc1ccc(C(=O)NC2CCCC2c2ccccc2)cc1. The lowest BCUT2D eigenvalue weighted by Gasteiger charge is -2.21. The number of hydrogen-bond donors (Lipinski definition) is 2. The van der Waals surface area contributed by atoms with E-state index in [-0.39, 0.29) is 11.9 Å². The number of carbonyl (C=O) groups is 1. The molecule has 1 amide bonds. The van der Waals surface area contributed by atoms with Gasteiger partial charge in [-0.15, -0.1) is 0 Å². The van der Waals surface area contributed by atoms with E-state index < -0.39 is 0 Å². The Hall–Kier alpha value is -2.13. The topological polar surface area (TPSA) is 55.1 Å². The monoisotopic (exact) mass is 294 g/mol. The molecule has 3 rings (SSSR count). The maximum atomic E-state index is 12.4. The molecule has 114 valence electrons. The summed E-state index contributed by atoms with van der Waals surface area (Å²) in [6, 6.07) is 18.2. The van der Waals surface area contributed by atoms with Gasteiger partial charge in [0.2, 0.25) is 0 Å². The number of benzene rings is 2. The molecule has 0 spiro atoms. The summed E-state index contributed by atoms with van der Waals surface area (Å²) in [5.74, 6) is 0.435. The maximum Gasteiger partial charge on any atom is 0.251 e. The average Bonchev–Trinajstić information content (AvgIpc) is 3.04. The normalized spacial score (nSPS) is 20.8. The maximum absolute atomic E-state index is 12.4. The summed E-state index contributed by atoms with van der Waals surface area (Å²) < 4.78 is 0. The van der Waals surface area contributed by atoms with Gasteiger partial charge in [-0.05, 0) is 36.1 Å². The van der Waals surface area contributed by atoms with Gasteiger partial charge in [-0.25, -0.2) is 0 Å². The molecule has 0 heterocycles. The second-order valence-corrected chi connectivity index (χ2v) is 5.93. The van der Waals surface area contributed by atoms with E-state index in [1.807, 2.05) is 30.3 Å². The first kappa shape index (κ1) is 14.8. The number of carbonyl (C=O) groups excluding carboxylic acids is 1. The van der Waals surface area contributed by atoms with Crippen LogP contribution in [0, 0.1) is 0 Å². The Labute approximate surface area is 131 Å². The quantitative estimate of drug-likeness (QED) is 0.909. The van der Waals surface area contributed by atoms with Gasteiger partial charge in [-0.2, -0.15) is 0 Å². The van der Waals surface area contributed by atoms with Crippen molar-refractivity contribution < 1.29 is 4.79 Å². The Morgan fingerprint density at radius 2 is 1.77 bits per heavy atom. The van der Waals surface area contributed by atoms with Gasteiger partial charge in [0.05, 0.1) is 0 Å². The van der Waals surface area contributed by atoms with Crippen LogP contribution in [0.15, 0.2) is 54.6 Å². The van der Waals surface area contributed by atoms with E-state index in [4.69, 9.17) is 5.73 Å². The van der Waals surface area contributed by atoms with Crippen molar-refractivity contribution in [3.05, 3.63) is 71.3 Å². The second-order valence-electron chi connectivity index (χ2n) is 5.93. The summed E-state index contributed by atoms with van der Waals surface area (Å²) in [4.78, 5) is 12.4. The van der Waals surface area contributed by atoms with Gasteiger partial charge in [-0.1, -0.05) is 48.9 Å². The van der Waals surface area contributed by atoms with E-state index in [1.165, 1.54) is 5.56 Å². The lowest BCUT2D eigenvalue weighted by atomic mass is 9.94. The third kappa shape index (κ3) is 3.20. The van der Waals surface area contributed by atoms with Gasteiger partial charge >= 0.3 is 0 Å². The van der Waals surface area contributed by atoms with Crippen molar-refractivity contribution in [3.8, 4) is 0 Å². The van der Waals surface area contributed by atoms with Crippen molar-refractivity contribution in [2.45, 2.75) is 37.8 Å².